The summed E-state index contributed by atoms with van der Waals surface area (Å²) in [4.78, 5) is 11.0. The Morgan fingerprint density at radius 2 is 2.12 bits per heavy atom. The van der Waals surface area contributed by atoms with Crippen molar-refractivity contribution in [3.05, 3.63) is 0 Å². The molecular weight excluding hydrogens is 240 g/mol. The van der Waals surface area contributed by atoms with E-state index >= 15 is 0 Å². The van der Waals surface area contributed by atoms with Crippen LogP contribution in [0.25, 0.3) is 0 Å². The molecule has 1 heterocycles. The Kier molecular flexibility index (Phi) is 4.96. The number of carbonyl (C=O) groups is 1. The fraction of sp³-hybridized carbons (Fsp3) is 0.875. The first kappa shape index (κ1) is 13.7. The van der Waals surface area contributed by atoms with Gasteiger partial charge in [-0.05, 0) is 0 Å². The highest BCUT2D eigenvalue weighted by Gasteiger charge is 2.48. The number of rotatable bonds is 4. The summed E-state index contributed by atoms with van der Waals surface area (Å²) in [5.41, 5.74) is 0. The van der Waals surface area contributed by atoms with Crippen molar-refractivity contribution in [2.45, 2.75) is 30.7 Å². The molecule has 5 unspecified atom stereocenters. The van der Waals surface area contributed by atoms with E-state index in [2.05, 4.69) is 12.6 Å². The van der Waals surface area contributed by atoms with Gasteiger partial charge in [-0.1, -0.05) is 0 Å². The normalized spacial score (nSPS) is 36.1. The molecule has 7 nitrogen and oxygen atoms in total. The lowest BCUT2D eigenvalue weighted by molar-refractivity contribution is -0.159. The number of esters is 1. The fourth-order valence-corrected chi connectivity index (χ4v) is 1.49. The van der Waals surface area contributed by atoms with Crippen molar-refractivity contribution in [1.29, 1.82) is 0 Å². The van der Waals surface area contributed by atoms with Crippen LogP contribution < -0.4 is 0 Å². The Morgan fingerprint density at radius 3 is 2.62 bits per heavy atom. The molecule has 0 aliphatic carbocycles. The van der Waals surface area contributed by atoms with Crippen LogP contribution in [-0.4, -0.2) is 69.5 Å². The smallest absolute Gasteiger partial charge is 0.316 e. The summed E-state index contributed by atoms with van der Waals surface area (Å²) in [6, 6.07) is 0. The largest absolute Gasteiger partial charge is 0.456 e. The van der Waals surface area contributed by atoms with E-state index < -0.39 is 43.3 Å². The van der Waals surface area contributed by atoms with Crippen molar-refractivity contribution >= 4 is 18.6 Å². The second-order valence-corrected chi connectivity index (χ2v) is 3.66. The summed E-state index contributed by atoms with van der Waals surface area (Å²) < 4.78 is 9.53. The molecule has 0 aromatic rings. The summed E-state index contributed by atoms with van der Waals surface area (Å²) in [6.07, 6.45) is -6.78. The summed E-state index contributed by atoms with van der Waals surface area (Å²) in [6.45, 7) is -0.640. The van der Waals surface area contributed by atoms with Crippen molar-refractivity contribution in [1.82, 2.24) is 0 Å². The highest BCUT2D eigenvalue weighted by atomic mass is 32.1. The van der Waals surface area contributed by atoms with E-state index in [0.717, 1.165) is 0 Å². The van der Waals surface area contributed by atoms with Gasteiger partial charge < -0.3 is 29.9 Å². The lowest BCUT2D eigenvalue weighted by atomic mass is 10.1. The number of ether oxygens (including phenoxy) is 2. The van der Waals surface area contributed by atoms with Gasteiger partial charge in [-0.25, -0.2) is 0 Å². The monoisotopic (exact) mass is 254 g/mol. The lowest BCUT2D eigenvalue weighted by Gasteiger charge is -2.22. The number of hydrogen-bond donors (Lipinski definition) is 5. The van der Waals surface area contributed by atoms with Crippen LogP contribution in [0.5, 0.6) is 0 Å². The van der Waals surface area contributed by atoms with Gasteiger partial charge in [0.15, 0.2) is 12.4 Å². The van der Waals surface area contributed by atoms with Crippen LogP contribution in [0, 0.1) is 0 Å². The molecule has 1 fully saturated rings. The Bertz CT molecular complexity index is 249. The Labute approximate surface area is 97.0 Å². The molecule has 0 spiro atoms. The van der Waals surface area contributed by atoms with Crippen molar-refractivity contribution < 1.29 is 34.7 Å². The van der Waals surface area contributed by atoms with E-state index in [0.29, 0.717) is 0 Å². The number of aliphatic hydroxyl groups excluding tert-OH is 4. The van der Waals surface area contributed by atoms with E-state index in [9.17, 15) is 20.1 Å². The summed E-state index contributed by atoms with van der Waals surface area (Å²) in [5, 5.41) is 36.7. The predicted molar refractivity (Wildman–Crippen MR) is 53.7 cm³/mol. The molecule has 0 aromatic heterocycles. The van der Waals surface area contributed by atoms with Gasteiger partial charge in [0.2, 0.25) is 0 Å². The zero-order valence-corrected chi connectivity index (χ0v) is 9.16. The van der Waals surface area contributed by atoms with Gasteiger partial charge in [0, 0.05) is 0 Å². The molecule has 1 saturated heterocycles. The number of carbonyl (C=O) groups excluding carboxylic acids is 1. The van der Waals surface area contributed by atoms with Gasteiger partial charge in [0.1, 0.15) is 18.3 Å². The van der Waals surface area contributed by atoms with Gasteiger partial charge in [-0.3, -0.25) is 4.79 Å². The van der Waals surface area contributed by atoms with Crippen LogP contribution in [0.1, 0.15) is 0 Å². The first-order chi connectivity index (χ1) is 7.51. The second-order valence-electron chi connectivity index (χ2n) is 3.34. The zero-order chi connectivity index (χ0) is 12.3. The minimum Gasteiger partial charge on any atom is -0.456 e. The third-order valence-electron chi connectivity index (χ3n) is 2.21. The van der Waals surface area contributed by atoms with Gasteiger partial charge in [0.05, 0.1) is 12.4 Å². The maximum Gasteiger partial charge on any atom is 0.316 e. The second kappa shape index (κ2) is 5.80. The third-order valence-corrected chi connectivity index (χ3v) is 2.47. The van der Waals surface area contributed by atoms with Gasteiger partial charge >= 0.3 is 5.97 Å². The minimum atomic E-state index is -1.57. The molecule has 1 aliphatic rings. The molecule has 0 radical (unpaired) electrons. The van der Waals surface area contributed by atoms with Crippen LogP contribution in [0.2, 0.25) is 0 Å². The zero-order valence-electron chi connectivity index (χ0n) is 8.26. The van der Waals surface area contributed by atoms with Crippen LogP contribution in [0.4, 0.5) is 0 Å². The van der Waals surface area contributed by atoms with Gasteiger partial charge in [-0.15, -0.1) is 0 Å². The Morgan fingerprint density at radius 1 is 1.50 bits per heavy atom. The molecular formula is C8H14O7S. The first-order valence-electron chi connectivity index (χ1n) is 4.62. The van der Waals surface area contributed by atoms with Crippen molar-refractivity contribution in [2.75, 3.05) is 12.4 Å². The topological polar surface area (TPSA) is 116 Å². The SMILES string of the molecule is O=C(CS)OC1C(O)C(O)OC1C(O)CO. The maximum atomic E-state index is 11.0. The molecule has 8 heteroatoms. The first-order valence-corrected chi connectivity index (χ1v) is 5.25. The average Bonchev–Trinajstić information content (AvgIpc) is 2.56. The van der Waals surface area contributed by atoms with E-state index in [1.165, 1.54) is 0 Å². The molecule has 94 valence electrons. The molecule has 5 atom stereocenters. The molecule has 0 bridgehead atoms. The highest BCUT2D eigenvalue weighted by molar-refractivity contribution is 7.81. The van der Waals surface area contributed by atoms with Gasteiger partial charge in [0.25, 0.3) is 0 Å². The third kappa shape index (κ3) is 2.84. The fourth-order valence-electron chi connectivity index (χ4n) is 1.41. The van der Waals surface area contributed by atoms with Crippen molar-refractivity contribution in [3.63, 3.8) is 0 Å². The van der Waals surface area contributed by atoms with E-state index in [1.807, 2.05) is 0 Å². The molecule has 4 N–H and O–H groups in total. The summed E-state index contributed by atoms with van der Waals surface area (Å²) >= 11 is 3.67. The Hall–Kier alpha value is -0.380. The lowest BCUT2D eigenvalue weighted by Crippen LogP contribution is -2.43. The van der Waals surface area contributed by atoms with Crippen LogP contribution in [0.3, 0.4) is 0 Å². The number of aliphatic hydroxyl groups is 4. The van der Waals surface area contributed by atoms with E-state index in [1.54, 1.807) is 0 Å². The van der Waals surface area contributed by atoms with Crippen LogP contribution >= 0.6 is 12.6 Å². The van der Waals surface area contributed by atoms with Crippen LogP contribution in [0.15, 0.2) is 0 Å². The summed E-state index contributed by atoms with van der Waals surface area (Å²) in [5.74, 6) is -0.929. The highest BCUT2D eigenvalue weighted by Crippen LogP contribution is 2.25. The minimum absolute atomic E-state index is 0.207. The molecule has 1 aliphatic heterocycles. The van der Waals surface area contributed by atoms with Gasteiger partial charge in [-0.2, -0.15) is 12.6 Å². The molecule has 0 aromatic carbocycles. The predicted octanol–water partition coefficient (Wildman–Crippen LogP) is -2.74. The molecule has 16 heavy (non-hydrogen) atoms. The summed E-state index contributed by atoms with van der Waals surface area (Å²) in [7, 11) is 0. The number of thiol groups is 1. The van der Waals surface area contributed by atoms with Crippen LogP contribution in [-0.2, 0) is 14.3 Å². The standard InChI is InChI=1S/C8H14O7S/c9-1-3(10)6-7(14-4(11)2-16)5(12)8(13)15-6/h3,5-10,12-13,16H,1-2H2. The Balaban J connectivity index is 2.71. The number of hydrogen-bond acceptors (Lipinski definition) is 8. The molecule has 0 amide bonds. The van der Waals surface area contributed by atoms with E-state index in [-0.39, 0.29) is 5.75 Å². The maximum absolute atomic E-state index is 11.0. The average molecular weight is 254 g/mol. The van der Waals surface area contributed by atoms with Crippen molar-refractivity contribution in [2.24, 2.45) is 0 Å². The van der Waals surface area contributed by atoms with E-state index in [4.69, 9.17) is 14.6 Å². The quantitative estimate of drug-likeness (QED) is 0.273. The van der Waals surface area contributed by atoms with Crippen molar-refractivity contribution in [3.8, 4) is 0 Å². The molecule has 0 saturated carbocycles. The molecule has 1 rings (SSSR count).